The Morgan fingerprint density at radius 2 is 1.57 bits per heavy atom. The van der Waals surface area contributed by atoms with Crippen molar-refractivity contribution < 1.29 is 8.78 Å². The van der Waals surface area contributed by atoms with Crippen molar-refractivity contribution in [1.29, 1.82) is 0 Å². The van der Waals surface area contributed by atoms with Gasteiger partial charge in [-0.25, -0.2) is 8.78 Å². The van der Waals surface area contributed by atoms with Crippen molar-refractivity contribution in [3.05, 3.63) is 5.82 Å². The van der Waals surface area contributed by atoms with Gasteiger partial charge in [0, 0.05) is 6.42 Å². The van der Waals surface area contributed by atoms with Crippen molar-refractivity contribution in [2.24, 2.45) is 5.73 Å². The number of hydrogen-bond donors (Lipinski definition) is 3. The van der Waals surface area contributed by atoms with E-state index in [1.807, 2.05) is 0 Å². The molecule has 0 aliphatic rings. The molecule has 1 aromatic rings. The summed E-state index contributed by atoms with van der Waals surface area (Å²) < 4.78 is 23.9. The molecule has 0 bridgehead atoms. The Hall–Kier alpha value is -1.57. The van der Waals surface area contributed by atoms with Gasteiger partial charge < -0.3 is 17.2 Å². The van der Waals surface area contributed by atoms with Crippen molar-refractivity contribution >= 4 is 11.9 Å². The van der Waals surface area contributed by atoms with Crippen LogP contribution in [0.1, 0.15) is 18.3 Å². The third-order valence-electron chi connectivity index (χ3n) is 1.45. The van der Waals surface area contributed by atoms with E-state index in [-0.39, 0.29) is 17.7 Å². The molecule has 1 unspecified atom stereocenters. The number of hydrogen-bond acceptors (Lipinski definition) is 6. The molecule has 0 aromatic carbocycles. The fraction of sp³-hybridized carbons (Fsp3) is 0.500. The maximum atomic E-state index is 12.0. The average molecular weight is 204 g/mol. The molecule has 1 atom stereocenters. The molecule has 0 aliphatic heterocycles. The average Bonchev–Trinajstić information content (AvgIpc) is 2.00. The zero-order valence-electron chi connectivity index (χ0n) is 7.19. The van der Waals surface area contributed by atoms with Gasteiger partial charge in [0.25, 0.3) is 0 Å². The lowest BCUT2D eigenvalue weighted by molar-refractivity contribution is 0.127. The Balaban J connectivity index is 2.84. The van der Waals surface area contributed by atoms with E-state index in [9.17, 15) is 8.78 Å². The summed E-state index contributed by atoms with van der Waals surface area (Å²) in [5.74, 6) is -0.273. The predicted molar refractivity (Wildman–Crippen MR) is 46.2 cm³/mol. The fourth-order valence-corrected chi connectivity index (χ4v) is 0.890. The number of alkyl halides is 2. The highest BCUT2D eigenvalue weighted by Gasteiger charge is 2.16. The molecule has 14 heavy (non-hydrogen) atoms. The largest absolute Gasteiger partial charge is 0.368 e. The smallest absolute Gasteiger partial charge is 0.240 e. The molecule has 0 radical (unpaired) electrons. The number of nitrogens with two attached hydrogens (primary N) is 3. The van der Waals surface area contributed by atoms with E-state index in [1.165, 1.54) is 0 Å². The summed E-state index contributed by atoms with van der Waals surface area (Å²) in [4.78, 5) is 10.7. The van der Waals surface area contributed by atoms with E-state index in [4.69, 9.17) is 17.2 Å². The van der Waals surface area contributed by atoms with Gasteiger partial charge in [0.15, 0.2) is 5.82 Å². The summed E-state index contributed by atoms with van der Waals surface area (Å²) in [6.07, 6.45) is -3.06. The van der Waals surface area contributed by atoms with Gasteiger partial charge in [0.05, 0.1) is 6.04 Å². The molecule has 8 heteroatoms. The van der Waals surface area contributed by atoms with Crippen LogP contribution in [0.25, 0.3) is 0 Å². The van der Waals surface area contributed by atoms with E-state index in [0.29, 0.717) is 0 Å². The number of aromatic nitrogens is 3. The van der Waals surface area contributed by atoms with Gasteiger partial charge in [-0.15, -0.1) is 0 Å². The molecule has 0 saturated carbocycles. The van der Waals surface area contributed by atoms with Gasteiger partial charge in [0.1, 0.15) is 0 Å². The maximum absolute atomic E-state index is 12.0. The Morgan fingerprint density at radius 1 is 1.07 bits per heavy atom. The van der Waals surface area contributed by atoms with Crippen LogP contribution in [0.15, 0.2) is 0 Å². The van der Waals surface area contributed by atoms with Crippen LogP contribution in [0.2, 0.25) is 0 Å². The van der Waals surface area contributed by atoms with Gasteiger partial charge in [0.2, 0.25) is 18.3 Å². The third kappa shape index (κ3) is 2.73. The first-order valence-electron chi connectivity index (χ1n) is 3.79. The van der Waals surface area contributed by atoms with Crippen molar-refractivity contribution in [1.82, 2.24) is 15.0 Å². The molecular weight excluding hydrogens is 194 g/mol. The highest BCUT2D eigenvalue weighted by atomic mass is 19.3. The minimum Gasteiger partial charge on any atom is -0.368 e. The summed E-state index contributed by atoms with van der Waals surface area (Å²) in [5.41, 5.74) is 15.9. The van der Waals surface area contributed by atoms with E-state index in [0.717, 1.165) is 0 Å². The lowest BCUT2D eigenvalue weighted by Gasteiger charge is -2.09. The summed E-state index contributed by atoms with van der Waals surface area (Å²) >= 11 is 0. The van der Waals surface area contributed by atoms with Crippen molar-refractivity contribution in [3.63, 3.8) is 0 Å². The molecule has 1 heterocycles. The lowest BCUT2D eigenvalue weighted by Crippen LogP contribution is -2.19. The molecule has 1 aromatic heterocycles. The van der Waals surface area contributed by atoms with Gasteiger partial charge in [-0.1, -0.05) is 0 Å². The molecule has 6 nitrogen and oxygen atoms in total. The van der Waals surface area contributed by atoms with Gasteiger partial charge in [-0.2, -0.15) is 15.0 Å². The van der Waals surface area contributed by atoms with Gasteiger partial charge in [-0.05, 0) is 0 Å². The van der Waals surface area contributed by atoms with E-state index < -0.39 is 18.9 Å². The summed E-state index contributed by atoms with van der Waals surface area (Å²) in [6.45, 7) is 0. The SMILES string of the molecule is Nc1nc(N)nc(C(N)CC(F)F)n1. The molecule has 0 amide bonds. The monoisotopic (exact) mass is 204 g/mol. The van der Waals surface area contributed by atoms with Crippen LogP contribution in [0.4, 0.5) is 20.7 Å². The molecule has 1 rings (SSSR count). The van der Waals surface area contributed by atoms with Crippen LogP contribution in [0.3, 0.4) is 0 Å². The first kappa shape index (κ1) is 10.5. The van der Waals surface area contributed by atoms with Crippen LogP contribution in [0, 0.1) is 0 Å². The maximum Gasteiger partial charge on any atom is 0.240 e. The van der Waals surface area contributed by atoms with Crippen LogP contribution < -0.4 is 17.2 Å². The molecule has 78 valence electrons. The Kier molecular flexibility index (Phi) is 3.07. The number of nitrogen functional groups attached to an aromatic ring is 2. The first-order valence-corrected chi connectivity index (χ1v) is 3.79. The topological polar surface area (TPSA) is 117 Å². The van der Waals surface area contributed by atoms with E-state index in [2.05, 4.69) is 15.0 Å². The second-order valence-corrected chi connectivity index (χ2v) is 2.64. The highest BCUT2D eigenvalue weighted by Crippen LogP contribution is 2.15. The number of anilines is 2. The number of rotatable bonds is 3. The van der Waals surface area contributed by atoms with Crippen LogP contribution in [-0.4, -0.2) is 21.4 Å². The molecule has 6 N–H and O–H groups in total. The van der Waals surface area contributed by atoms with Crippen molar-refractivity contribution in [3.8, 4) is 0 Å². The first-order chi connectivity index (χ1) is 6.49. The van der Waals surface area contributed by atoms with Crippen LogP contribution >= 0.6 is 0 Å². The standard InChI is InChI=1S/C6H10F2N6/c7-3(8)1-2(9)4-12-5(10)14-6(11)13-4/h2-3H,1,9H2,(H4,10,11,12,13,14). The fourth-order valence-electron chi connectivity index (χ4n) is 0.890. The van der Waals surface area contributed by atoms with Gasteiger partial charge in [-0.3, -0.25) is 0 Å². The highest BCUT2D eigenvalue weighted by molar-refractivity contribution is 5.26. The Morgan fingerprint density at radius 3 is 2.00 bits per heavy atom. The molecule has 0 spiro atoms. The van der Waals surface area contributed by atoms with Crippen molar-refractivity contribution in [2.45, 2.75) is 18.9 Å². The summed E-state index contributed by atoms with van der Waals surface area (Å²) in [7, 11) is 0. The number of halogens is 2. The molecular formula is C6H10F2N6. The molecule has 0 saturated heterocycles. The van der Waals surface area contributed by atoms with Gasteiger partial charge >= 0.3 is 0 Å². The minimum atomic E-state index is -2.52. The quantitative estimate of drug-likeness (QED) is 0.621. The third-order valence-corrected chi connectivity index (χ3v) is 1.45. The Labute approximate surface area is 78.5 Å². The van der Waals surface area contributed by atoms with E-state index >= 15 is 0 Å². The van der Waals surface area contributed by atoms with E-state index in [1.54, 1.807) is 0 Å². The summed E-state index contributed by atoms with van der Waals surface area (Å²) in [6, 6.07) is -0.984. The molecule has 0 aliphatic carbocycles. The number of nitrogens with zero attached hydrogens (tertiary/aromatic N) is 3. The predicted octanol–water partition coefficient (Wildman–Crippen LogP) is -0.309. The lowest BCUT2D eigenvalue weighted by atomic mass is 10.2. The summed E-state index contributed by atoms with van der Waals surface area (Å²) in [5, 5.41) is 0. The zero-order valence-corrected chi connectivity index (χ0v) is 7.19. The van der Waals surface area contributed by atoms with Crippen LogP contribution in [0.5, 0.6) is 0 Å². The molecule has 0 fully saturated rings. The minimum absolute atomic E-state index is 0.0182. The Bertz CT molecular complexity index is 297. The second kappa shape index (κ2) is 4.09. The zero-order chi connectivity index (χ0) is 10.7. The normalized spacial score (nSPS) is 13.1. The van der Waals surface area contributed by atoms with Crippen molar-refractivity contribution in [2.75, 3.05) is 11.5 Å². The second-order valence-electron chi connectivity index (χ2n) is 2.64. The van der Waals surface area contributed by atoms with Crippen LogP contribution in [-0.2, 0) is 0 Å².